The minimum Gasteiger partial charge on any atom is -0.345 e. The maximum absolute atomic E-state index is 11.0. The number of aromatic amines is 1. The Hall–Kier alpha value is -0.710. The number of fused-ring (bicyclic) bond motifs is 1. The monoisotopic (exact) mass is 249 g/mol. The Morgan fingerprint density at radius 1 is 1.21 bits per heavy atom. The van der Waals surface area contributed by atoms with E-state index in [4.69, 9.17) is 22.3 Å². The minimum absolute atomic E-state index is 0.0172. The molecule has 1 aromatic heterocycles. The molecule has 0 aliphatic rings. The molecule has 0 aliphatic carbocycles. The molecule has 0 amide bonds. The average Bonchev–Trinajstić information content (AvgIpc) is 2.45. The molecule has 14 heavy (non-hydrogen) atoms. The van der Waals surface area contributed by atoms with Gasteiger partial charge in [-0.05, 0) is 24.3 Å². The zero-order chi connectivity index (χ0) is 10.3. The fraction of sp³-hybridized carbons (Fsp3) is 0. The van der Waals surface area contributed by atoms with E-state index in [-0.39, 0.29) is 5.03 Å². The van der Waals surface area contributed by atoms with Crippen LogP contribution in [0, 0.1) is 0 Å². The zero-order valence-corrected chi connectivity index (χ0v) is 9.12. The summed E-state index contributed by atoms with van der Waals surface area (Å²) in [6, 6.07) is 6.48. The van der Waals surface area contributed by atoms with Crippen LogP contribution in [0.4, 0.5) is 0 Å². The van der Waals surface area contributed by atoms with Crippen molar-refractivity contribution in [3.05, 3.63) is 29.3 Å². The summed E-state index contributed by atoms with van der Waals surface area (Å²) in [7, 11) is 1.47. The van der Waals surface area contributed by atoms with Gasteiger partial charge in [0.05, 0.1) is 0 Å². The molecule has 2 rings (SSSR count). The van der Waals surface area contributed by atoms with Gasteiger partial charge in [0.15, 0.2) is 0 Å². The summed E-state index contributed by atoms with van der Waals surface area (Å²) in [4.78, 5) is 2.68. The molecule has 1 N–H and O–H groups in total. The van der Waals surface area contributed by atoms with Crippen molar-refractivity contribution >= 4 is 42.2 Å². The van der Waals surface area contributed by atoms with Crippen molar-refractivity contribution < 1.29 is 8.42 Å². The van der Waals surface area contributed by atoms with Crippen LogP contribution in [-0.4, -0.2) is 13.4 Å². The number of benzene rings is 1. The lowest BCUT2D eigenvalue weighted by Gasteiger charge is -1.88. The second-order valence-electron chi connectivity index (χ2n) is 2.80. The van der Waals surface area contributed by atoms with Crippen molar-refractivity contribution in [2.24, 2.45) is 0 Å². The number of H-pyrrole nitrogens is 1. The first-order valence-corrected chi connectivity index (χ1v) is 6.38. The van der Waals surface area contributed by atoms with Crippen molar-refractivity contribution in [3.8, 4) is 0 Å². The summed E-state index contributed by atoms with van der Waals surface area (Å²) in [5, 5.41) is 1.25. The molecule has 0 spiro atoms. The normalized spacial score (nSPS) is 12.1. The van der Waals surface area contributed by atoms with Crippen LogP contribution in [0.5, 0.6) is 0 Å². The van der Waals surface area contributed by atoms with Crippen LogP contribution in [0.15, 0.2) is 29.3 Å². The highest BCUT2D eigenvalue weighted by atomic mass is 35.7. The van der Waals surface area contributed by atoms with Crippen molar-refractivity contribution in [2.45, 2.75) is 5.03 Å². The lowest BCUT2D eigenvalue weighted by molar-refractivity contribution is 0.607. The maximum Gasteiger partial charge on any atom is 0.276 e. The molecule has 2 aromatic rings. The largest absolute Gasteiger partial charge is 0.345 e. The van der Waals surface area contributed by atoms with Gasteiger partial charge in [0, 0.05) is 26.6 Å². The topological polar surface area (TPSA) is 49.9 Å². The van der Waals surface area contributed by atoms with E-state index >= 15 is 0 Å². The molecule has 1 aromatic carbocycles. The van der Waals surface area contributed by atoms with E-state index in [0.717, 1.165) is 5.39 Å². The van der Waals surface area contributed by atoms with Gasteiger partial charge in [0.2, 0.25) is 0 Å². The third-order valence-corrected chi connectivity index (χ3v) is 3.30. The molecule has 0 fully saturated rings. The second kappa shape index (κ2) is 3.15. The molecule has 6 heteroatoms. The third-order valence-electron chi connectivity index (χ3n) is 1.82. The second-order valence-corrected chi connectivity index (χ2v) is 5.77. The van der Waals surface area contributed by atoms with E-state index in [2.05, 4.69) is 4.98 Å². The fourth-order valence-electron chi connectivity index (χ4n) is 1.21. The van der Waals surface area contributed by atoms with Crippen LogP contribution in [0.1, 0.15) is 0 Å². The quantitative estimate of drug-likeness (QED) is 0.791. The van der Waals surface area contributed by atoms with Crippen LogP contribution in [0.25, 0.3) is 10.9 Å². The minimum atomic E-state index is -3.70. The van der Waals surface area contributed by atoms with Crippen LogP contribution in [0.3, 0.4) is 0 Å². The molecular formula is C8H5Cl2NO2S. The van der Waals surface area contributed by atoms with Gasteiger partial charge in [-0.25, -0.2) is 8.42 Å². The number of nitrogens with one attached hydrogen (secondary N) is 1. The standard InChI is InChI=1S/C8H5Cl2NO2S/c9-6-1-2-7-5(3-6)4-8(11-7)14(10,12)13/h1-4,11H. The summed E-state index contributed by atoms with van der Waals surface area (Å²) in [5.74, 6) is 0. The van der Waals surface area contributed by atoms with Gasteiger partial charge in [-0.2, -0.15) is 0 Å². The summed E-state index contributed by atoms with van der Waals surface area (Å²) in [6.45, 7) is 0. The smallest absolute Gasteiger partial charge is 0.276 e. The number of rotatable bonds is 1. The number of aromatic nitrogens is 1. The van der Waals surface area contributed by atoms with E-state index in [0.29, 0.717) is 10.5 Å². The first-order chi connectivity index (χ1) is 6.47. The lowest BCUT2D eigenvalue weighted by atomic mass is 10.2. The van der Waals surface area contributed by atoms with Gasteiger partial charge in [-0.3, -0.25) is 0 Å². The Morgan fingerprint density at radius 3 is 2.57 bits per heavy atom. The zero-order valence-electron chi connectivity index (χ0n) is 6.79. The van der Waals surface area contributed by atoms with Crippen molar-refractivity contribution in [3.63, 3.8) is 0 Å². The average molecular weight is 250 g/mol. The molecule has 0 bridgehead atoms. The van der Waals surface area contributed by atoms with E-state index in [1.807, 2.05) is 0 Å². The van der Waals surface area contributed by atoms with Crippen LogP contribution in [0.2, 0.25) is 5.02 Å². The molecule has 1 heterocycles. The van der Waals surface area contributed by atoms with Crippen molar-refractivity contribution in [1.82, 2.24) is 4.98 Å². The Kier molecular flexibility index (Phi) is 2.21. The van der Waals surface area contributed by atoms with E-state index in [1.54, 1.807) is 18.2 Å². The molecule has 74 valence electrons. The van der Waals surface area contributed by atoms with Crippen LogP contribution >= 0.6 is 22.3 Å². The Labute approximate surface area is 90.1 Å². The Bertz CT molecular complexity index is 588. The van der Waals surface area contributed by atoms with Gasteiger partial charge in [0.25, 0.3) is 9.05 Å². The number of halogens is 2. The SMILES string of the molecule is O=S(=O)(Cl)c1cc2cc(Cl)ccc2[nH]1. The van der Waals surface area contributed by atoms with Crippen molar-refractivity contribution in [1.29, 1.82) is 0 Å². The van der Waals surface area contributed by atoms with Crippen LogP contribution < -0.4 is 0 Å². The molecule has 0 atom stereocenters. The highest BCUT2D eigenvalue weighted by Gasteiger charge is 2.12. The predicted octanol–water partition coefficient (Wildman–Crippen LogP) is 2.75. The highest BCUT2D eigenvalue weighted by Crippen LogP contribution is 2.23. The first kappa shape index (κ1) is 9.83. The Morgan fingerprint density at radius 2 is 1.93 bits per heavy atom. The van der Waals surface area contributed by atoms with Crippen LogP contribution in [-0.2, 0) is 9.05 Å². The lowest BCUT2D eigenvalue weighted by Crippen LogP contribution is -1.88. The molecule has 0 radical (unpaired) electrons. The summed E-state index contributed by atoms with van der Waals surface area (Å²) < 4.78 is 22.0. The van der Waals surface area contributed by atoms with E-state index in [1.165, 1.54) is 6.07 Å². The first-order valence-electron chi connectivity index (χ1n) is 3.70. The number of hydrogen-bond donors (Lipinski definition) is 1. The van der Waals surface area contributed by atoms with Gasteiger partial charge < -0.3 is 4.98 Å². The third kappa shape index (κ3) is 1.73. The predicted molar refractivity (Wildman–Crippen MR) is 56.3 cm³/mol. The molecular weight excluding hydrogens is 245 g/mol. The molecule has 0 saturated carbocycles. The Balaban J connectivity index is 2.75. The van der Waals surface area contributed by atoms with E-state index in [9.17, 15) is 8.42 Å². The van der Waals surface area contributed by atoms with Gasteiger partial charge in [-0.1, -0.05) is 11.6 Å². The van der Waals surface area contributed by atoms with Gasteiger partial charge >= 0.3 is 0 Å². The number of hydrogen-bond acceptors (Lipinski definition) is 2. The molecule has 0 saturated heterocycles. The van der Waals surface area contributed by atoms with Gasteiger partial charge in [-0.15, -0.1) is 0 Å². The molecule has 0 unspecified atom stereocenters. The van der Waals surface area contributed by atoms with E-state index < -0.39 is 9.05 Å². The highest BCUT2D eigenvalue weighted by molar-refractivity contribution is 8.13. The fourth-order valence-corrected chi connectivity index (χ4v) is 2.14. The van der Waals surface area contributed by atoms with Crippen molar-refractivity contribution in [2.75, 3.05) is 0 Å². The summed E-state index contributed by atoms with van der Waals surface area (Å²) >= 11 is 5.75. The maximum atomic E-state index is 11.0. The molecule has 3 nitrogen and oxygen atoms in total. The van der Waals surface area contributed by atoms with Gasteiger partial charge in [0.1, 0.15) is 5.03 Å². The summed E-state index contributed by atoms with van der Waals surface area (Å²) in [5.41, 5.74) is 0.689. The summed E-state index contributed by atoms with van der Waals surface area (Å²) in [6.07, 6.45) is 0. The molecule has 0 aliphatic heterocycles.